The summed E-state index contributed by atoms with van der Waals surface area (Å²) in [7, 11) is 0. The fourth-order valence-electron chi connectivity index (χ4n) is 1.55. The molecular formula is C13H11NO2. The highest BCUT2D eigenvalue weighted by molar-refractivity contribution is 5.66. The predicted octanol–water partition coefficient (Wildman–Crippen LogP) is 2.12. The molecule has 0 aliphatic heterocycles. The summed E-state index contributed by atoms with van der Waals surface area (Å²) in [5.74, 6) is -0.247. The highest BCUT2D eigenvalue weighted by Gasteiger charge is 2.02. The molecule has 3 nitrogen and oxygen atoms in total. The number of pyridine rings is 1. The molecule has 0 bridgehead atoms. The molecule has 1 aromatic heterocycles. The quantitative estimate of drug-likeness (QED) is 0.789. The molecule has 0 saturated carbocycles. The van der Waals surface area contributed by atoms with Crippen molar-refractivity contribution in [1.29, 1.82) is 0 Å². The Bertz CT molecular complexity index is 579. The zero-order valence-corrected chi connectivity index (χ0v) is 8.84. The van der Waals surface area contributed by atoms with Gasteiger partial charge in [-0.25, -0.2) is 0 Å². The highest BCUT2D eigenvalue weighted by atomic mass is 16.3. The maximum absolute atomic E-state index is 11.2. The van der Waals surface area contributed by atoms with Crippen molar-refractivity contribution < 1.29 is 5.11 Å². The van der Waals surface area contributed by atoms with E-state index in [-0.39, 0.29) is 11.2 Å². The first-order chi connectivity index (χ1) is 7.68. The Kier molecular flexibility index (Phi) is 2.68. The van der Waals surface area contributed by atoms with E-state index in [9.17, 15) is 9.90 Å². The van der Waals surface area contributed by atoms with Gasteiger partial charge in [0.05, 0.1) is 0 Å². The minimum absolute atomic E-state index is 0.247. The van der Waals surface area contributed by atoms with E-state index >= 15 is 0 Å². The van der Waals surface area contributed by atoms with Crippen LogP contribution in [0.3, 0.4) is 0 Å². The van der Waals surface area contributed by atoms with Crippen LogP contribution in [0.15, 0.2) is 47.4 Å². The molecule has 3 heteroatoms. The SMILES string of the molecule is Cc1ncccc1-c1cccc(=O)c(O)c1. The van der Waals surface area contributed by atoms with Crippen molar-refractivity contribution in [3.8, 4) is 16.9 Å². The van der Waals surface area contributed by atoms with Crippen molar-refractivity contribution in [3.63, 3.8) is 0 Å². The van der Waals surface area contributed by atoms with Crippen LogP contribution >= 0.6 is 0 Å². The van der Waals surface area contributed by atoms with Crippen LogP contribution in [0.25, 0.3) is 11.1 Å². The minimum atomic E-state index is -0.382. The fourth-order valence-corrected chi connectivity index (χ4v) is 1.55. The van der Waals surface area contributed by atoms with Crippen molar-refractivity contribution in [1.82, 2.24) is 4.98 Å². The summed E-state index contributed by atoms with van der Waals surface area (Å²) in [6, 6.07) is 9.94. The van der Waals surface area contributed by atoms with Gasteiger partial charge in [0.2, 0.25) is 5.43 Å². The lowest BCUT2D eigenvalue weighted by Crippen LogP contribution is -1.91. The third-order valence-corrected chi connectivity index (χ3v) is 2.39. The first kappa shape index (κ1) is 10.4. The molecule has 0 amide bonds. The Hall–Kier alpha value is -2.16. The largest absolute Gasteiger partial charge is 0.504 e. The molecule has 1 heterocycles. The number of nitrogens with zero attached hydrogens (tertiary/aromatic N) is 1. The van der Waals surface area contributed by atoms with Crippen LogP contribution < -0.4 is 5.43 Å². The van der Waals surface area contributed by atoms with E-state index in [0.717, 1.165) is 16.8 Å². The smallest absolute Gasteiger partial charge is 0.220 e. The van der Waals surface area contributed by atoms with Gasteiger partial charge in [0.15, 0.2) is 5.75 Å². The van der Waals surface area contributed by atoms with Crippen LogP contribution in [0.2, 0.25) is 0 Å². The Balaban J connectivity index is 2.67. The third kappa shape index (κ3) is 1.93. The molecule has 0 atom stereocenters. The maximum Gasteiger partial charge on any atom is 0.220 e. The van der Waals surface area contributed by atoms with E-state index in [2.05, 4.69) is 4.98 Å². The summed E-state index contributed by atoms with van der Waals surface area (Å²) in [4.78, 5) is 15.4. The molecule has 2 aromatic rings. The summed E-state index contributed by atoms with van der Waals surface area (Å²) < 4.78 is 0. The molecule has 0 aliphatic carbocycles. The topological polar surface area (TPSA) is 50.2 Å². The standard InChI is InChI=1S/C13H11NO2/c1-9-11(5-3-7-14-9)10-4-2-6-12(15)13(16)8-10/h2-8H,1H3,(H,15,16). The number of aromatic nitrogens is 1. The Labute approximate surface area is 93.0 Å². The fraction of sp³-hybridized carbons (Fsp3) is 0.0769. The average Bonchev–Trinajstić information content (AvgIpc) is 2.43. The van der Waals surface area contributed by atoms with E-state index in [0.29, 0.717) is 0 Å². The summed E-state index contributed by atoms with van der Waals surface area (Å²) >= 11 is 0. The van der Waals surface area contributed by atoms with Gasteiger partial charge in [0.1, 0.15) is 0 Å². The number of hydrogen-bond acceptors (Lipinski definition) is 3. The first-order valence-electron chi connectivity index (χ1n) is 4.94. The van der Waals surface area contributed by atoms with Crippen LogP contribution in [0.4, 0.5) is 0 Å². The van der Waals surface area contributed by atoms with Gasteiger partial charge in [-0.2, -0.15) is 0 Å². The molecule has 0 saturated heterocycles. The Morgan fingerprint density at radius 1 is 1.19 bits per heavy atom. The lowest BCUT2D eigenvalue weighted by Gasteiger charge is -2.02. The number of hydrogen-bond donors (Lipinski definition) is 1. The van der Waals surface area contributed by atoms with Crippen molar-refractivity contribution in [2.24, 2.45) is 0 Å². The van der Waals surface area contributed by atoms with Crippen LogP contribution in [-0.4, -0.2) is 10.1 Å². The molecule has 16 heavy (non-hydrogen) atoms. The average molecular weight is 213 g/mol. The third-order valence-electron chi connectivity index (χ3n) is 2.39. The Morgan fingerprint density at radius 3 is 2.75 bits per heavy atom. The van der Waals surface area contributed by atoms with Gasteiger partial charge in [-0.3, -0.25) is 9.78 Å². The second kappa shape index (κ2) is 4.14. The van der Waals surface area contributed by atoms with E-state index in [1.54, 1.807) is 18.3 Å². The molecule has 0 unspecified atom stereocenters. The molecular weight excluding hydrogens is 202 g/mol. The van der Waals surface area contributed by atoms with Crippen molar-refractivity contribution in [2.75, 3.05) is 0 Å². The van der Waals surface area contributed by atoms with Crippen molar-refractivity contribution in [2.45, 2.75) is 6.92 Å². The second-order valence-electron chi connectivity index (χ2n) is 3.51. The predicted molar refractivity (Wildman–Crippen MR) is 62.3 cm³/mol. The molecule has 1 aromatic carbocycles. The van der Waals surface area contributed by atoms with Crippen LogP contribution in [-0.2, 0) is 0 Å². The van der Waals surface area contributed by atoms with E-state index in [1.807, 2.05) is 19.1 Å². The first-order valence-corrected chi connectivity index (χ1v) is 4.94. The monoisotopic (exact) mass is 213 g/mol. The van der Waals surface area contributed by atoms with Crippen molar-refractivity contribution >= 4 is 0 Å². The van der Waals surface area contributed by atoms with E-state index in [1.165, 1.54) is 12.1 Å². The van der Waals surface area contributed by atoms with Gasteiger partial charge in [-0.15, -0.1) is 0 Å². The number of rotatable bonds is 1. The van der Waals surface area contributed by atoms with Gasteiger partial charge >= 0.3 is 0 Å². The molecule has 0 spiro atoms. The zero-order chi connectivity index (χ0) is 11.5. The lowest BCUT2D eigenvalue weighted by molar-refractivity contribution is 0.471. The van der Waals surface area contributed by atoms with Gasteiger partial charge < -0.3 is 5.11 Å². The van der Waals surface area contributed by atoms with Crippen LogP contribution in [0, 0.1) is 6.92 Å². The van der Waals surface area contributed by atoms with Gasteiger partial charge in [-0.1, -0.05) is 18.2 Å². The molecule has 0 fully saturated rings. The van der Waals surface area contributed by atoms with Crippen LogP contribution in [0.1, 0.15) is 5.69 Å². The second-order valence-corrected chi connectivity index (χ2v) is 3.51. The minimum Gasteiger partial charge on any atom is -0.504 e. The normalized spacial score (nSPS) is 10.1. The molecule has 80 valence electrons. The summed E-state index contributed by atoms with van der Waals surface area (Å²) in [5.41, 5.74) is 2.17. The summed E-state index contributed by atoms with van der Waals surface area (Å²) in [6.07, 6.45) is 1.71. The highest BCUT2D eigenvalue weighted by Crippen LogP contribution is 2.22. The van der Waals surface area contributed by atoms with Crippen molar-refractivity contribution in [3.05, 3.63) is 58.5 Å². The van der Waals surface area contributed by atoms with E-state index < -0.39 is 0 Å². The summed E-state index contributed by atoms with van der Waals surface area (Å²) in [5, 5.41) is 9.48. The van der Waals surface area contributed by atoms with Gasteiger partial charge in [0.25, 0.3) is 0 Å². The van der Waals surface area contributed by atoms with Gasteiger partial charge in [0, 0.05) is 17.5 Å². The summed E-state index contributed by atoms with van der Waals surface area (Å²) in [6.45, 7) is 1.89. The van der Waals surface area contributed by atoms with Gasteiger partial charge in [-0.05, 0) is 30.7 Å². The maximum atomic E-state index is 11.2. The lowest BCUT2D eigenvalue weighted by atomic mass is 10.1. The molecule has 2 rings (SSSR count). The Morgan fingerprint density at radius 2 is 2.00 bits per heavy atom. The molecule has 0 aliphatic rings. The van der Waals surface area contributed by atoms with E-state index in [4.69, 9.17) is 0 Å². The zero-order valence-electron chi connectivity index (χ0n) is 8.84. The molecule has 1 N–H and O–H groups in total. The number of aryl methyl sites for hydroxylation is 1. The molecule has 0 radical (unpaired) electrons. The number of aromatic hydroxyl groups is 1. The van der Waals surface area contributed by atoms with Crippen LogP contribution in [0.5, 0.6) is 5.75 Å².